The maximum Gasteiger partial charge on any atom is 0.283 e. The first-order valence-corrected chi connectivity index (χ1v) is 19.5. The van der Waals surface area contributed by atoms with Crippen LogP contribution < -0.4 is 20.9 Å². The molecule has 0 bridgehead atoms. The predicted octanol–water partition coefficient (Wildman–Crippen LogP) is 6.82. The van der Waals surface area contributed by atoms with Crippen LogP contribution in [0.4, 0.5) is 0 Å². The van der Waals surface area contributed by atoms with E-state index >= 15 is 0 Å². The Morgan fingerprint density at radius 1 is 0.782 bits per heavy atom. The van der Waals surface area contributed by atoms with Gasteiger partial charge in [0.05, 0.1) is 16.7 Å². The van der Waals surface area contributed by atoms with Crippen LogP contribution in [0.15, 0.2) is 99.9 Å². The lowest BCUT2D eigenvalue weighted by Crippen LogP contribution is -2.50. The van der Waals surface area contributed by atoms with Gasteiger partial charge in [-0.3, -0.25) is 9.88 Å². The average molecular weight is 910 g/mol. The molecular formula is C41H34BrIN8O4. The SMILES string of the molecule is CC(C)(C#Cc1cnc2c(c1)[C@]1(COC(N)=N1)c1cc(-c3cccnc3)ccc1O2)N1CCC1.NC1=N[C@@]2(CO1)c1cc(I)ccc1Oc1ncc(Br)cc12. The number of nitrogens with two attached hydrogens (primary N) is 2. The Kier molecular flexibility index (Phi) is 8.71. The first-order chi connectivity index (χ1) is 26.5. The zero-order valence-corrected chi connectivity index (χ0v) is 33.6. The van der Waals surface area contributed by atoms with Gasteiger partial charge in [-0.15, -0.1) is 0 Å². The molecule has 55 heavy (non-hydrogen) atoms. The topological polar surface area (TPSA) is 156 Å². The summed E-state index contributed by atoms with van der Waals surface area (Å²) in [5.74, 6) is 9.20. The van der Waals surface area contributed by atoms with E-state index in [1.54, 1.807) is 18.6 Å². The highest BCUT2D eigenvalue weighted by molar-refractivity contribution is 14.1. The smallest absolute Gasteiger partial charge is 0.283 e. The minimum Gasteiger partial charge on any atom is -0.462 e. The third-order valence-corrected chi connectivity index (χ3v) is 11.5. The molecule has 10 rings (SSSR count). The number of ether oxygens (including phenoxy) is 4. The number of amidine groups is 2. The lowest BCUT2D eigenvalue weighted by molar-refractivity contribution is 0.0955. The number of pyridine rings is 3. The van der Waals surface area contributed by atoms with Crippen molar-refractivity contribution in [3.63, 3.8) is 0 Å². The highest BCUT2D eigenvalue weighted by Gasteiger charge is 2.49. The molecule has 0 radical (unpaired) electrons. The van der Waals surface area contributed by atoms with Crippen molar-refractivity contribution in [2.75, 3.05) is 26.3 Å². The maximum atomic E-state index is 6.21. The standard InChI is InChI=1S/C27H25N5O2.C14H9BrIN3O2/c1-26(2,32-11-4-12-32)9-8-18-13-22-24(30-15-18)34-23-7-6-19(20-5-3-10-29-16-20)14-21(23)27(22)17-33-25(28)31-27;15-7-3-10-12(18-5-7)21-11-2-1-8(16)4-9(11)14(10)6-20-13(17)19-14/h3,5-7,10,13-16H,4,11-12,17H2,1-2H3,(H2,28,31);1-5H,6H2,(H2,17,19)/t27-;14-/m00/s1. The predicted molar refractivity (Wildman–Crippen MR) is 219 cm³/mol. The highest BCUT2D eigenvalue weighted by atomic mass is 127. The van der Waals surface area contributed by atoms with E-state index in [4.69, 9.17) is 35.4 Å². The first kappa shape index (κ1) is 35.5. The number of nitrogens with zero attached hydrogens (tertiary/aromatic N) is 6. The van der Waals surface area contributed by atoms with E-state index < -0.39 is 11.1 Å². The summed E-state index contributed by atoms with van der Waals surface area (Å²) in [6, 6.07) is 20.2. The Labute approximate surface area is 339 Å². The molecule has 1 saturated heterocycles. The molecule has 276 valence electrons. The van der Waals surface area contributed by atoms with Crippen LogP contribution in [0.3, 0.4) is 0 Å². The quantitative estimate of drug-likeness (QED) is 0.143. The Hall–Kier alpha value is -5.24. The first-order valence-electron chi connectivity index (χ1n) is 17.6. The van der Waals surface area contributed by atoms with E-state index in [0.717, 1.165) is 65.8 Å². The molecule has 5 aliphatic heterocycles. The number of benzene rings is 2. The van der Waals surface area contributed by atoms with Crippen molar-refractivity contribution >= 4 is 50.6 Å². The minimum atomic E-state index is -0.844. The second kappa shape index (κ2) is 13.5. The van der Waals surface area contributed by atoms with Crippen molar-refractivity contribution in [3.8, 4) is 46.2 Å². The lowest BCUT2D eigenvalue weighted by atomic mass is 9.81. The molecule has 14 heteroatoms. The van der Waals surface area contributed by atoms with Crippen molar-refractivity contribution in [1.29, 1.82) is 0 Å². The molecule has 0 saturated carbocycles. The molecule has 5 aromatic rings. The Balaban J connectivity index is 0.000000161. The highest BCUT2D eigenvalue weighted by Crippen LogP contribution is 2.52. The van der Waals surface area contributed by atoms with Crippen LogP contribution >= 0.6 is 38.5 Å². The minimum absolute atomic E-state index is 0.154. The fraction of sp³-hybridized carbons (Fsp3) is 0.244. The van der Waals surface area contributed by atoms with E-state index in [9.17, 15) is 0 Å². The van der Waals surface area contributed by atoms with Crippen LogP contribution in [0.2, 0.25) is 0 Å². The second-order valence-corrected chi connectivity index (χ2v) is 16.4. The van der Waals surface area contributed by atoms with Crippen LogP contribution in [-0.2, 0) is 20.6 Å². The largest absolute Gasteiger partial charge is 0.462 e. The molecule has 5 aliphatic rings. The number of hydrogen-bond acceptors (Lipinski definition) is 12. The van der Waals surface area contributed by atoms with Gasteiger partial charge in [0, 0.05) is 68.2 Å². The summed E-state index contributed by atoms with van der Waals surface area (Å²) in [5, 5.41) is 0. The van der Waals surface area contributed by atoms with Gasteiger partial charge in [0.1, 0.15) is 24.7 Å². The summed E-state index contributed by atoms with van der Waals surface area (Å²) in [7, 11) is 0. The molecule has 2 atom stereocenters. The van der Waals surface area contributed by atoms with Crippen molar-refractivity contribution in [2.24, 2.45) is 21.5 Å². The second-order valence-electron chi connectivity index (χ2n) is 14.2. The van der Waals surface area contributed by atoms with Gasteiger partial charge in [-0.2, -0.15) is 0 Å². The zero-order chi connectivity index (χ0) is 38.0. The van der Waals surface area contributed by atoms with Crippen molar-refractivity contribution < 1.29 is 18.9 Å². The number of fused-ring (bicyclic) bond motifs is 8. The molecule has 3 aromatic heterocycles. The molecule has 0 unspecified atom stereocenters. The van der Waals surface area contributed by atoms with Gasteiger partial charge in [0.15, 0.2) is 11.1 Å². The van der Waals surface area contributed by atoms with Crippen LogP contribution in [0, 0.1) is 15.4 Å². The summed E-state index contributed by atoms with van der Waals surface area (Å²) < 4.78 is 25.2. The van der Waals surface area contributed by atoms with Gasteiger partial charge in [-0.1, -0.05) is 24.0 Å². The van der Waals surface area contributed by atoms with E-state index in [1.807, 2.05) is 60.8 Å². The van der Waals surface area contributed by atoms with Crippen molar-refractivity contribution in [1.82, 2.24) is 19.9 Å². The normalized spacial score (nSPS) is 21.2. The number of hydrogen-bond donors (Lipinski definition) is 2. The van der Waals surface area contributed by atoms with Crippen LogP contribution in [0.1, 0.15) is 48.1 Å². The molecule has 2 spiro atoms. The van der Waals surface area contributed by atoms with Gasteiger partial charge >= 0.3 is 0 Å². The Bertz CT molecular complexity index is 2450. The van der Waals surface area contributed by atoms with E-state index in [0.29, 0.717) is 24.1 Å². The molecule has 12 nitrogen and oxygen atoms in total. The number of aliphatic imine (C=N–C) groups is 2. The summed E-state index contributed by atoms with van der Waals surface area (Å²) in [5.41, 5.74) is 16.4. The molecule has 1 fully saturated rings. The van der Waals surface area contributed by atoms with E-state index in [2.05, 4.69) is 95.1 Å². The number of likely N-dealkylation sites (tertiary alicyclic amines) is 1. The number of rotatable bonds is 2. The molecular weight excluding hydrogens is 875 g/mol. The Morgan fingerprint density at radius 3 is 2.05 bits per heavy atom. The van der Waals surface area contributed by atoms with Crippen molar-refractivity contribution in [2.45, 2.75) is 36.9 Å². The maximum absolute atomic E-state index is 6.21. The van der Waals surface area contributed by atoms with Crippen molar-refractivity contribution in [3.05, 3.63) is 121 Å². The van der Waals surface area contributed by atoms with E-state index in [1.165, 1.54) is 6.42 Å². The fourth-order valence-electron chi connectivity index (χ4n) is 7.36. The van der Waals surface area contributed by atoms with Crippen LogP contribution in [0.5, 0.6) is 23.3 Å². The summed E-state index contributed by atoms with van der Waals surface area (Å²) in [6.07, 6.45) is 8.28. The molecule has 8 heterocycles. The van der Waals surface area contributed by atoms with Gasteiger partial charge < -0.3 is 30.4 Å². The molecule has 0 amide bonds. The molecule has 4 N–H and O–H groups in total. The Morgan fingerprint density at radius 2 is 1.44 bits per heavy atom. The summed E-state index contributed by atoms with van der Waals surface area (Å²) >= 11 is 5.72. The van der Waals surface area contributed by atoms with Crippen LogP contribution in [-0.4, -0.2) is 63.7 Å². The fourth-order valence-corrected chi connectivity index (χ4v) is 8.19. The molecule has 0 aliphatic carbocycles. The third-order valence-electron chi connectivity index (χ3n) is 10.4. The van der Waals surface area contributed by atoms with E-state index in [-0.39, 0.29) is 24.2 Å². The lowest BCUT2D eigenvalue weighted by Gasteiger charge is -2.41. The van der Waals surface area contributed by atoms with Gasteiger partial charge in [0.2, 0.25) is 11.8 Å². The van der Waals surface area contributed by atoms with Gasteiger partial charge in [-0.05, 0) is 113 Å². The zero-order valence-electron chi connectivity index (χ0n) is 29.8. The average Bonchev–Trinajstić information content (AvgIpc) is 3.75. The number of halogens is 2. The molecule has 2 aromatic carbocycles. The summed E-state index contributed by atoms with van der Waals surface area (Å²) in [4.78, 5) is 24.9. The van der Waals surface area contributed by atoms with Gasteiger partial charge in [0.25, 0.3) is 12.0 Å². The monoisotopic (exact) mass is 908 g/mol. The number of aromatic nitrogens is 3. The third kappa shape index (κ3) is 6.24. The van der Waals surface area contributed by atoms with Crippen LogP contribution in [0.25, 0.3) is 11.1 Å². The van der Waals surface area contributed by atoms with Gasteiger partial charge in [-0.25, -0.2) is 20.0 Å². The summed E-state index contributed by atoms with van der Waals surface area (Å²) in [6.45, 7) is 7.10.